The van der Waals surface area contributed by atoms with Gasteiger partial charge in [-0.25, -0.2) is 0 Å². The summed E-state index contributed by atoms with van der Waals surface area (Å²) < 4.78 is 5.96. The second-order valence-corrected chi connectivity index (χ2v) is 5.52. The Morgan fingerprint density at radius 1 is 1.20 bits per heavy atom. The lowest BCUT2D eigenvalue weighted by molar-refractivity contribution is -0.138. The molecule has 0 aliphatic carbocycles. The van der Waals surface area contributed by atoms with E-state index in [-0.39, 0.29) is 12.0 Å². The molecule has 3 nitrogen and oxygen atoms in total. The molecule has 1 saturated heterocycles. The number of nitrogens with zero attached hydrogens (tertiary/aromatic N) is 1. The highest BCUT2D eigenvalue weighted by molar-refractivity contribution is 5.81. The first kappa shape index (κ1) is 14.9. The maximum absolute atomic E-state index is 12.6. The average Bonchev–Trinajstić information content (AvgIpc) is 2.75. The summed E-state index contributed by atoms with van der Waals surface area (Å²) >= 11 is 0. The highest BCUT2D eigenvalue weighted by Crippen LogP contribution is 2.20. The third-order valence-electron chi connectivity index (χ3n) is 3.93. The third kappa shape index (κ3) is 3.75. The SMILES string of the molecule is CC[C@H](Oc1ccccc1C)C(=O)N1CCCCCC1. The molecule has 1 amide bonds. The standard InChI is InChI=1S/C17H25NO2/c1-3-15(20-16-11-7-6-10-14(16)2)17(19)18-12-8-4-5-9-13-18/h6-7,10-11,15H,3-5,8-9,12-13H2,1-2H3/t15-/m0/s1. The monoisotopic (exact) mass is 275 g/mol. The normalized spacial score (nSPS) is 17.4. The summed E-state index contributed by atoms with van der Waals surface area (Å²) in [7, 11) is 0. The first-order chi connectivity index (χ1) is 9.72. The Labute approximate surface area is 121 Å². The minimum atomic E-state index is -0.353. The highest BCUT2D eigenvalue weighted by Gasteiger charge is 2.25. The van der Waals surface area contributed by atoms with Crippen LogP contribution in [-0.4, -0.2) is 30.0 Å². The van der Waals surface area contributed by atoms with Gasteiger partial charge in [0, 0.05) is 13.1 Å². The van der Waals surface area contributed by atoms with Crippen LogP contribution >= 0.6 is 0 Å². The average molecular weight is 275 g/mol. The zero-order valence-electron chi connectivity index (χ0n) is 12.6. The molecule has 3 heteroatoms. The highest BCUT2D eigenvalue weighted by atomic mass is 16.5. The molecule has 110 valence electrons. The van der Waals surface area contributed by atoms with Gasteiger partial charge in [-0.1, -0.05) is 38.0 Å². The summed E-state index contributed by atoms with van der Waals surface area (Å²) in [4.78, 5) is 14.6. The first-order valence-electron chi connectivity index (χ1n) is 7.73. The molecule has 0 unspecified atom stereocenters. The summed E-state index contributed by atoms with van der Waals surface area (Å²) in [5, 5.41) is 0. The maximum Gasteiger partial charge on any atom is 0.263 e. The Kier molecular flexibility index (Phi) is 5.45. The summed E-state index contributed by atoms with van der Waals surface area (Å²) in [6.07, 6.45) is 5.07. The van der Waals surface area contributed by atoms with Gasteiger partial charge in [0.2, 0.25) is 0 Å². The number of rotatable bonds is 4. The van der Waals surface area contributed by atoms with E-state index in [9.17, 15) is 4.79 Å². The predicted molar refractivity (Wildman–Crippen MR) is 80.9 cm³/mol. The Morgan fingerprint density at radius 3 is 2.45 bits per heavy atom. The Bertz CT molecular complexity index is 436. The molecule has 1 fully saturated rings. The van der Waals surface area contributed by atoms with E-state index in [4.69, 9.17) is 4.74 Å². The number of hydrogen-bond donors (Lipinski definition) is 0. The number of para-hydroxylation sites is 1. The quantitative estimate of drug-likeness (QED) is 0.841. The fourth-order valence-electron chi connectivity index (χ4n) is 2.64. The molecular formula is C17H25NO2. The molecular weight excluding hydrogens is 250 g/mol. The van der Waals surface area contributed by atoms with Gasteiger partial charge in [-0.05, 0) is 37.8 Å². The van der Waals surface area contributed by atoms with Crippen LogP contribution in [0.25, 0.3) is 0 Å². The number of benzene rings is 1. The molecule has 0 radical (unpaired) electrons. The predicted octanol–water partition coefficient (Wildman–Crippen LogP) is 3.56. The van der Waals surface area contributed by atoms with Gasteiger partial charge in [0.05, 0.1) is 0 Å². The van der Waals surface area contributed by atoms with Crippen molar-refractivity contribution in [2.24, 2.45) is 0 Å². The number of aryl methyl sites for hydroxylation is 1. The van der Waals surface area contributed by atoms with Crippen molar-refractivity contribution in [2.75, 3.05) is 13.1 Å². The van der Waals surface area contributed by atoms with Crippen molar-refractivity contribution in [2.45, 2.75) is 52.1 Å². The van der Waals surface area contributed by atoms with E-state index >= 15 is 0 Å². The maximum atomic E-state index is 12.6. The lowest BCUT2D eigenvalue weighted by Gasteiger charge is -2.26. The zero-order chi connectivity index (χ0) is 14.4. The van der Waals surface area contributed by atoms with Crippen molar-refractivity contribution in [1.29, 1.82) is 0 Å². The van der Waals surface area contributed by atoms with Gasteiger partial charge in [-0.2, -0.15) is 0 Å². The molecule has 1 heterocycles. The second-order valence-electron chi connectivity index (χ2n) is 5.52. The van der Waals surface area contributed by atoms with Gasteiger partial charge in [-0.3, -0.25) is 4.79 Å². The number of carbonyl (C=O) groups excluding carboxylic acids is 1. The van der Waals surface area contributed by atoms with E-state index in [1.807, 2.05) is 43.0 Å². The first-order valence-corrected chi connectivity index (χ1v) is 7.73. The van der Waals surface area contributed by atoms with Crippen LogP contribution in [0.4, 0.5) is 0 Å². The topological polar surface area (TPSA) is 29.5 Å². The molecule has 1 atom stereocenters. The molecule has 1 aromatic carbocycles. The summed E-state index contributed by atoms with van der Waals surface area (Å²) in [6.45, 7) is 5.79. The smallest absolute Gasteiger partial charge is 0.263 e. The van der Waals surface area contributed by atoms with Crippen molar-refractivity contribution in [3.63, 3.8) is 0 Å². The van der Waals surface area contributed by atoms with Gasteiger partial charge in [0.1, 0.15) is 5.75 Å². The molecule has 0 spiro atoms. The van der Waals surface area contributed by atoms with Crippen molar-refractivity contribution in [3.05, 3.63) is 29.8 Å². The largest absolute Gasteiger partial charge is 0.480 e. The molecule has 20 heavy (non-hydrogen) atoms. The molecule has 0 bridgehead atoms. The molecule has 1 aliphatic rings. The van der Waals surface area contributed by atoms with E-state index in [1.165, 1.54) is 12.8 Å². The molecule has 1 aliphatic heterocycles. The van der Waals surface area contributed by atoms with E-state index < -0.39 is 0 Å². The Morgan fingerprint density at radius 2 is 1.85 bits per heavy atom. The lowest BCUT2D eigenvalue weighted by Crippen LogP contribution is -2.42. The van der Waals surface area contributed by atoms with Gasteiger partial charge >= 0.3 is 0 Å². The summed E-state index contributed by atoms with van der Waals surface area (Å²) in [6, 6.07) is 7.89. The molecule has 0 aromatic heterocycles. The second kappa shape index (κ2) is 7.32. The van der Waals surface area contributed by atoms with Crippen LogP contribution in [0, 0.1) is 6.92 Å². The minimum Gasteiger partial charge on any atom is -0.480 e. The van der Waals surface area contributed by atoms with Gasteiger partial charge in [0.25, 0.3) is 5.91 Å². The summed E-state index contributed by atoms with van der Waals surface area (Å²) in [5.41, 5.74) is 1.08. The van der Waals surface area contributed by atoms with Crippen molar-refractivity contribution < 1.29 is 9.53 Å². The van der Waals surface area contributed by atoms with Gasteiger partial charge in [-0.15, -0.1) is 0 Å². The van der Waals surface area contributed by atoms with Crippen LogP contribution in [0.2, 0.25) is 0 Å². The molecule has 2 rings (SSSR count). The molecule has 1 aromatic rings. The van der Waals surface area contributed by atoms with Crippen LogP contribution in [0.5, 0.6) is 5.75 Å². The summed E-state index contributed by atoms with van der Waals surface area (Å²) in [5.74, 6) is 0.972. The van der Waals surface area contributed by atoms with Crippen molar-refractivity contribution in [3.8, 4) is 5.75 Å². The number of likely N-dealkylation sites (tertiary alicyclic amines) is 1. The van der Waals surface area contributed by atoms with E-state index in [2.05, 4.69) is 0 Å². The van der Waals surface area contributed by atoms with Crippen molar-refractivity contribution in [1.82, 2.24) is 4.90 Å². The van der Waals surface area contributed by atoms with E-state index in [0.29, 0.717) is 6.42 Å². The molecule has 0 N–H and O–H groups in total. The third-order valence-corrected chi connectivity index (χ3v) is 3.93. The zero-order valence-corrected chi connectivity index (χ0v) is 12.6. The molecule has 0 saturated carbocycles. The van der Waals surface area contributed by atoms with Gasteiger partial charge in [0.15, 0.2) is 6.10 Å². The van der Waals surface area contributed by atoms with Crippen molar-refractivity contribution >= 4 is 5.91 Å². The van der Waals surface area contributed by atoms with Crippen LogP contribution in [0.3, 0.4) is 0 Å². The fraction of sp³-hybridized carbons (Fsp3) is 0.588. The number of ether oxygens (including phenoxy) is 1. The lowest BCUT2D eigenvalue weighted by atomic mass is 10.2. The van der Waals surface area contributed by atoms with Crippen LogP contribution in [-0.2, 0) is 4.79 Å². The van der Waals surface area contributed by atoms with Gasteiger partial charge < -0.3 is 9.64 Å². The fourth-order valence-corrected chi connectivity index (χ4v) is 2.64. The number of amides is 1. The van der Waals surface area contributed by atoms with E-state index in [0.717, 1.165) is 37.2 Å². The Hall–Kier alpha value is -1.51. The Balaban J connectivity index is 2.03. The van der Waals surface area contributed by atoms with E-state index in [1.54, 1.807) is 0 Å². The number of carbonyl (C=O) groups is 1. The van der Waals surface area contributed by atoms with Crippen LogP contribution in [0.1, 0.15) is 44.6 Å². The van der Waals surface area contributed by atoms with Crippen LogP contribution in [0.15, 0.2) is 24.3 Å². The number of hydrogen-bond acceptors (Lipinski definition) is 2. The van der Waals surface area contributed by atoms with Crippen LogP contribution < -0.4 is 4.74 Å². The minimum absolute atomic E-state index is 0.151.